The van der Waals surface area contributed by atoms with Crippen LogP contribution in [0.25, 0.3) is 0 Å². The van der Waals surface area contributed by atoms with Gasteiger partial charge in [-0.15, -0.1) is 0 Å². The summed E-state index contributed by atoms with van der Waals surface area (Å²) in [5, 5.41) is 23.2. The second-order valence-electron chi connectivity index (χ2n) is 3.75. The van der Waals surface area contributed by atoms with E-state index in [4.69, 9.17) is 4.74 Å². The summed E-state index contributed by atoms with van der Waals surface area (Å²) in [6, 6.07) is 4.83. The van der Waals surface area contributed by atoms with Crippen molar-refractivity contribution in [2.75, 3.05) is 25.6 Å². The number of nitro groups is 1. The lowest BCUT2D eigenvalue weighted by Gasteiger charge is -2.11. The Hall–Kier alpha value is -0.930. The van der Waals surface area contributed by atoms with Crippen LogP contribution in [-0.4, -0.2) is 36.4 Å². The number of nitrogens with zero attached hydrogens (tertiary/aromatic N) is 1. The molecule has 18 heavy (non-hydrogen) atoms. The molecule has 0 heterocycles. The lowest BCUT2D eigenvalue weighted by atomic mass is 10.2. The van der Waals surface area contributed by atoms with Gasteiger partial charge >= 0.3 is 0 Å². The number of ether oxygens (including phenoxy) is 1. The molecular weight excluding hydrogens is 351 g/mol. The maximum Gasteiger partial charge on any atom is 0.282 e. The monoisotopic (exact) mass is 366 g/mol. The molecule has 7 heteroatoms. The van der Waals surface area contributed by atoms with Gasteiger partial charge in [0.25, 0.3) is 5.69 Å². The van der Waals surface area contributed by atoms with Gasteiger partial charge in [-0.3, -0.25) is 10.1 Å². The largest absolute Gasteiger partial charge is 0.391 e. The number of hydrogen-bond donors (Lipinski definition) is 2. The molecule has 0 saturated carbocycles. The van der Waals surface area contributed by atoms with E-state index in [1.165, 1.54) is 13.2 Å². The number of anilines is 1. The van der Waals surface area contributed by atoms with Crippen LogP contribution in [0.5, 0.6) is 0 Å². The summed E-state index contributed by atoms with van der Waals surface area (Å²) in [5.41, 5.74) is 0.898. The molecule has 0 amide bonds. The predicted octanol–water partition coefficient (Wildman–Crippen LogP) is 2.01. The van der Waals surface area contributed by atoms with E-state index in [1.807, 2.05) is 22.6 Å². The Morgan fingerprint density at radius 1 is 1.61 bits per heavy atom. The molecule has 0 fully saturated rings. The molecule has 6 nitrogen and oxygen atoms in total. The molecule has 0 aliphatic rings. The third-order valence-electron chi connectivity index (χ3n) is 2.31. The molecule has 100 valence electrons. The van der Waals surface area contributed by atoms with Crippen LogP contribution in [0.3, 0.4) is 0 Å². The Kier molecular flexibility index (Phi) is 6.30. The highest BCUT2D eigenvalue weighted by Crippen LogP contribution is 2.24. The first-order valence-corrected chi connectivity index (χ1v) is 6.47. The van der Waals surface area contributed by atoms with E-state index in [0.717, 1.165) is 5.69 Å². The maximum atomic E-state index is 10.6. The first-order chi connectivity index (χ1) is 8.54. The van der Waals surface area contributed by atoms with Crippen molar-refractivity contribution in [3.05, 3.63) is 31.9 Å². The molecule has 0 aliphatic heterocycles. The number of nitro benzene ring substituents is 1. The molecule has 1 rings (SSSR count). The number of halogens is 1. The topological polar surface area (TPSA) is 84.6 Å². The van der Waals surface area contributed by atoms with Gasteiger partial charge in [-0.2, -0.15) is 0 Å². The van der Waals surface area contributed by atoms with E-state index in [1.54, 1.807) is 12.1 Å². The number of hydrogen-bond acceptors (Lipinski definition) is 5. The number of benzene rings is 1. The van der Waals surface area contributed by atoms with Crippen LogP contribution < -0.4 is 5.32 Å². The SMILES string of the molecule is COCC(O)CCNc1ccc([N+](=O)[O-])c(I)c1. The molecule has 0 bridgehead atoms. The van der Waals surface area contributed by atoms with Crippen LogP contribution >= 0.6 is 22.6 Å². The van der Waals surface area contributed by atoms with E-state index in [9.17, 15) is 15.2 Å². The molecule has 1 aromatic carbocycles. The van der Waals surface area contributed by atoms with Crippen molar-refractivity contribution in [1.82, 2.24) is 0 Å². The Balaban J connectivity index is 2.49. The van der Waals surface area contributed by atoms with Gasteiger partial charge < -0.3 is 15.2 Å². The zero-order chi connectivity index (χ0) is 13.5. The highest BCUT2D eigenvalue weighted by molar-refractivity contribution is 14.1. The zero-order valence-electron chi connectivity index (χ0n) is 9.93. The minimum atomic E-state index is -0.500. The van der Waals surface area contributed by atoms with Crippen LogP contribution in [0, 0.1) is 13.7 Å². The van der Waals surface area contributed by atoms with E-state index >= 15 is 0 Å². The Bertz CT molecular complexity index is 414. The summed E-state index contributed by atoms with van der Waals surface area (Å²) < 4.78 is 5.40. The minimum Gasteiger partial charge on any atom is -0.391 e. The summed E-state index contributed by atoms with van der Waals surface area (Å²) in [6.07, 6.45) is 0.0566. The number of rotatable bonds is 7. The zero-order valence-corrected chi connectivity index (χ0v) is 12.1. The van der Waals surface area contributed by atoms with E-state index in [2.05, 4.69) is 5.32 Å². The molecule has 1 atom stereocenters. The first kappa shape index (κ1) is 15.1. The Morgan fingerprint density at radius 3 is 2.89 bits per heavy atom. The second kappa shape index (κ2) is 7.49. The second-order valence-corrected chi connectivity index (χ2v) is 4.91. The van der Waals surface area contributed by atoms with Crippen molar-refractivity contribution in [1.29, 1.82) is 0 Å². The van der Waals surface area contributed by atoms with Gasteiger partial charge in [-0.05, 0) is 41.1 Å². The average Bonchev–Trinajstić information content (AvgIpc) is 2.29. The van der Waals surface area contributed by atoms with E-state index < -0.39 is 11.0 Å². The van der Waals surface area contributed by atoms with Gasteiger partial charge in [0, 0.05) is 25.4 Å². The molecule has 0 saturated heterocycles. The van der Waals surface area contributed by atoms with Crippen LogP contribution in [0.1, 0.15) is 6.42 Å². The number of aliphatic hydroxyl groups is 1. The quantitative estimate of drug-likeness (QED) is 0.438. The smallest absolute Gasteiger partial charge is 0.282 e. The highest BCUT2D eigenvalue weighted by atomic mass is 127. The van der Waals surface area contributed by atoms with Crippen molar-refractivity contribution >= 4 is 34.0 Å². The van der Waals surface area contributed by atoms with Gasteiger partial charge in [0.2, 0.25) is 0 Å². The molecule has 0 aliphatic carbocycles. The van der Waals surface area contributed by atoms with Gasteiger partial charge in [0.05, 0.1) is 21.2 Å². The summed E-state index contributed by atoms with van der Waals surface area (Å²) in [4.78, 5) is 10.2. The third-order valence-corrected chi connectivity index (χ3v) is 3.17. The number of nitrogens with one attached hydrogen (secondary N) is 1. The fraction of sp³-hybridized carbons (Fsp3) is 0.455. The number of methoxy groups -OCH3 is 1. The van der Waals surface area contributed by atoms with Crippen molar-refractivity contribution < 1.29 is 14.8 Å². The molecular formula is C11H15IN2O4. The summed E-state index contributed by atoms with van der Waals surface area (Å²) in [6.45, 7) is 0.887. The van der Waals surface area contributed by atoms with E-state index in [-0.39, 0.29) is 5.69 Å². The molecule has 0 spiro atoms. The Morgan fingerprint density at radius 2 is 2.33 bits per heavy atom. The number of aliphatic hydroxyl groups excluding tert-OH is 1. The van der Waals surface area contributed by atoms with Crippen molar-refractivity contribution in [2.24, 2.45) is 0 Å². The minimum absolute atomic E-state index is 0.0977. The fourth-order valence-corrected chi connectivity index (χ4v) is 2.14. The third kappa shape index (κ3) is 4.75. The molecule has 0 radical (unpaired) electrons. The standard InChI is InChI=1S/C11H15IN2O4/c1-18-7-9(15)4-5-13-8-2-3-11(14(16)17)10(12)6-8/h2-3,6,9,13,15H,4-5,7H2,1H3. The van der Waals surface area contributed by atoms with Gasteiger partial charge in [-0.1, -0.05) is 0 Å². The van der Waals surface area contributed by atoms with Crippen LogP contribution in [0.2, 0.25) is 0 Å². The lowest BCUT2D eigenvalue weighted by Crippen LogP contribution is -2.18. The molecule has 2 N–H and O–H groups in total. The average molecular weight is 366 g/mol. The Labute approximate surface area is 119 Å². The van der Waals surface area contributed by atoms with Crippen LogP contribution in [0.15, 0.2) is 18.2 Å². The van der Waals surface area contributed by atoms with Crippen molar-refractivity contribution in [3.63, 3.8) is 0 Å². The normalized spacial score (nSPS) is 12.2. The van der Waals surface area contributed by atoms with Gasteiger partial charge in [-0.25, -0.2) is 0 Å². The van der Waals surface area contributed by atoms with Crippen LogP contribution in [0.4, 0.5) is 11.4 Å². The van der Waals surface area contributed by atoms with Crippen molar-refractivity contribution in [2.45, 2.75) is 12.5 Å². The molecule has 0 aromatic heterocycles. The van der Waals surface area contributed by atoms with Crippen LogP contribution in [-0.2, 0) is 4.74 Å². The summed E-state index contributed by atoms with van der Waals surface area (Å²) >= 11 is 1.93. The predicted molar refractivity (Wildman–Crippen MR) is 76.8 cm³/mol. The molecule has 1 aromatic rings. The fourth-order valence-electron chi connectivity index (χ4n) is 1.42. The summed E-state index contributed by atoms with van der Waals surface area (Å²) in [7, 11) is 1.54. The summed E-state index contributed by atoms with van der Waals surface area (Å²) in [5.74, 6) is 0. The van der Waals surface area contributed by atoms with E-state index in [0.29, 0.717) is 23.1 Å². The maximum absolute atomic E-state index is 10.6. The lowest BCUT2D eigenvalue weighted by molar-refractivity contribution is -0.385. The first-order valence-electron chi connectivity index (χ1n) is 5.39. The molecule has 1 unspecified atom stereocenters. The van der Waals surface area contributed by atoms with Gasteiger partial charge in [0.15, 0.2) is 0 Å². The van der Waals surface area contributed by atoms with Crippen molar-refractivity contribution in [3.8, 4) is 0 Å². The van der Waals surface area contributed by atoms with Gasteiger partial charge in [0.1, 0.15) is 0 Å². The highest BCUT2D eigenvalue weighted by Gasteiger charge is 2.11.